The summed E-state index contributed by atoms with van der Waals surface area (Å²) >= 11 is 0. The van der Waals surface area contributed by atoms with Gasteiger partial charge in [-0.1, -0.05) is 5.92 Å². The quantitative estimate of drug-likeness (QED) is 0.626. The number of rotatable bonds is 2. The second kappa shape index (κ2) is 3.63. The molecule has 1 fully saturated rings. The van der Waals surface area contributed by atoms with Crippen molar-refractivity contribution in [2.75, 3.05) is 13.2 Å². The van der Waals surface area contributed by atoms with Crippen LogP contribution < -0.4 is 0 Å². The van der Waals surface area contributed by atoms with Gasteiger partial charge in [-0.2, -0.15) is 5.10 Å². The molecule has 0 bridgehead atoms. The van der Waals surface area contributed by atoms with Gasteiger partial charge in [-0.15, -0.1) is 6.42 Å². The summed E-state index contributed by atoms with van der Waals surface area (Å²) in [6.45, 7) is 2.59. The van der Waals surface area contributed by atoms with E-state index in [9.17, 15) is 0 Å². The Labute approximate surface area is 77.7 Å². The molecule has 1 aromatic rings. The third-order valence-corrected chi connectivity index (χ3v) is 2.32. The molecule has 0 amide bonds. The first-order chi connectivity index (χ1) is 6.40. The van der Waals surface area contributed by atoms with Crippen LogP contribution in [0.1, 0.15) is 12.1 Å². The monoisotopic (exact) mass is 176 g/mol. The highest BCUT2D eigenvalue weighted by atomic mass is 16.5. The lowest BCUT2D eigenvalue weighted by molar-refractivity contribution is 0.181. The fourth-order valence-electron chi connectivity index (χ4n) is 1.57. The van der Waals surface area contributed by atoms with Crippen LogP contribution in [0.25, 0.3) is 0 Å². The van der Waals surface area contributed by atoms with E-state index in [0.29, 0.717) is 5.92 Å². The van der Waals surface area contributed by atoms with Gasteiger partial charge in [0.15, 0.2) is 0 Å². The van der Waals surface area contributed by atoms with Crippen molar-refractivity contribution >= 4 is 0 Å². The third-order valence-electron chi connectivity index (χ3n) is 2.32. The van der Waals surface area contributed by atoms with E-state index < -0.39 is 0 Å². The molecule has 0 aliphatic carbocycles. The number of ether oxygens (including phenoxy) is 1. The molecule has 1 atom stereocenters. The Hall–Kier alpha value is -1.27. The molecule has 68 valence electrons. The summed E-state index contributed by atoms with van der Waals surface area (Å²) in [7, 11) is 0. The molecule has 1 aliphatic heterocycles. The molecule has 1 aliphatic rings. The smallest absolute Gasteiger partial charge is 0.110 e. The van der Waals surface area contributed by atoms with Crippen molar-refractivity contribution in [1.29, 1.82) is 0 Å². The van der Waals surface area contributed by atoms with Gasteiger partial charge in [0.25, 0.3) is 0 Å². The van der Waals surface area contributed by atoms with Gasteiger partial charge in [0.05, 0.1) is 12.8 Å². The Bertz CT molecular complexity index is 318. The van der Waals surface area contributed by atoms with Gasteiger partial charge in [0.1, 0.15) is 5.69 Å². The molecule has 1 saturated heterocycles. The van der Waals surface area contributed by atoms with Crippen LogP contribution in [0.15, 0.2) is 12.3 Å². The van der Waals surface area contributed by atoms with Gasteiger partial charge in [-0.05, 0) is 12.5 Å². The van der Waals surface area contributed by atoms with Gasteiger partial charge in [0, 0.05) is 19.1 Å². The van der Waals surface area contributed by atoms with Crippen molar-refractivity contribution in [3.8, 4) is 12.3 Å². The lowest BCUT2D eigenvalue weighted by Crippen LogP contribution is -2.13. The van der Waals surface area contributed by atoms with Crippen LogP contribution in [0, 0.1) is 18.3 Å². The van der Waals surface area contributed by atoms with Gasteiger partial charge in [-0.25, -0.2) is 0 Å². The second-order valence-corrected chi connectivity index (χ2v) is 3.27. The third kappa shape index (κ3) is 1.73. The number of aromatic nitrogens is 2. The zero-order valence-corrected chi connectivity index (χ0v) is 7.44. The SMILES string of the molecule is C#Cc1ccnn1CC1CCOC1. The molecular formula is C10H12N2O. The molecule has 0 spiro atoms. The van der Waals surface area contributed by atoms with Crippen LogP contribution in [-0.4, -0.2) is 23.0 Å². The molecule has 3 heteroatoms. The summed E-state index contributed by atoms with van der Waals surface area (Å²) in [6.07, 6.45) is 8.18. The van der Waals surface area contributed by atoms with Gasteiger partial charge >= 0.3 is 0 Å². The maximum Gasteiger partial charge on any atom is 0.110 e. The lowest BCUT2D eigenvalue weighted by Gasteiger charge is -2.08. The molecule has 1 aromatic heterocycles. The largest absolute Gasteiger partial charge is 0.381 e. The molecule has 1 unspecified atom stereocenters. The van der Waals surface area contributed by atoms with Crippen LogP contribution in [-0.2, 0) is 11.3 Å². The fraction of sp³-hybridized carbons (Fsp3) is 0.500. The van der Waals surface area contributed by atoms with Crippen LogP contribution in [0.5, 0.6) is 0 Å². The van der Waals surface area contributed by atoms with E-state index in [1.165, 1.54) is 0 Å². The predicted molar refractivity (Wildman–Crippen MR) is 49.1 cm³/mol. The lowest BCUT2D eigenvalue weighted by atomic mass is 10.1. The van der Waals surface area contributed by atoms with Crippen LogP contribution in [0.2, 0.25) is 0 Å². The first kappa shape index (κ1) is 8.33. The van der Waals surface area contributed by atoms with Crippen molar-refractivity contribution in [1.82, 2.24) is 9.78 Å². The first-order valence-corrected chi connectivity index (χ1v) is 4.46. The number of nitrogens with zero attached hydrogens (tertiary/aromatic N) is 2. The first-order valence-electron chi connectivity index (χ1n) is 4.46. The Morgan fingerprint density at radius 1 is 1.77 bits per heavy atom. The minimum absolute atomic E-state index is 0.576. The van der Waals surface area contributed by atoms with E-state index in [-0.39, 0.29) is 0 Å². The number of hydrogen-bond acceptors (Lipinski definition) is 2. The highest BCUT2D eigenvalue weighted by Gasteiger charge is 2.16. The second-order valence-electron chi connectivity index (χ2n) is 3.27. The van der Waals surface area contributed by atoms with E-state index in [0.717, 1.165) is 31.9 Å². The van der Waals surface area contributed by atoms with Crippen molar-refractivity contribution in [3.05, 3.63) is 18.0 Å². The van der Waals surface area contributed by atoms with Gasteiger partial charge in [0.2, 0.25) is 0 Å². The molecule has 2 heterocycles. The summed E-state index contributed by atoms with van der Waals surface area (Å²) in [6, 6.07) is 1.86. The molecule has 0 radical (unpaired) electrons. The van der Waals surface area contributed by atoms with Crippen molar-refractivity contribution < 1.29 is 4.74 Å². The Morgan fingerprint density at radius 2 is 2.69 bits per heavy atom. The topological polar surface area (TPSA) is 27.1 Å². The summed E-state index contributed by atoms with van der Waals surface area (Å²) in [5, 5.41) is 4.17. The maximum atomic E-state index is 5.33. The summed E-state index contributed by atoms with van der Waals surface area (Å²) in [5.74, 6) is 3.19. The highest BCUT2D eigenvalue weighted by molar-refractivity contribution is 5.22. The standard InChI is InChI=1S/C10H12N2O/c1-2-10-3-5-11-12(10)7-9-4-6-13-8-9/h1,3,5,9H,4,6-8H2. The Morgan fingerprint density at radius 3 is 3.38 bits per heavy atom. The number of terminal acetylenes is 1. The summed E-state index contributed by atoms with van der Waals surface area (Å²) in [5.41, 5.74) is 0.854. The molecule has 0 saturated carbocycles. The summed E-state index contributed by atoms with van der Waals surface area (Å²) in [4.78, 5) is 0. The molecule has 3 nitrogen and oxygen atoms in total. The molecule has 0 aromatic carbocycles. The Kier molecular flexibility index (Phi) is 2.33. The van der Waals surface area contributed by atoms with Gasteiger partial charge in [-0.3, -0.25) is 4.68 Å². The number of hydrogen-bond donors (Lipinski definition) is 0. The minimum Gasteiger partial charge on any atom is -0.381 e. The predicted octanol–water partition coefficient (Wildman–Crippen LogP) is 0.901. The van der Waals surface area contributed by atoms with E-state index in [1.54, 1.807) is 6.20 Å². The van der Waals surface area contributed by atoms with Crippen molar-refractivity contribution in [3.63, 3.8) is 0 Å². The Balaban J connectivity index is 2.04. The summed E-state index contributed by atoms with van der Waals surface area (Å²) < 4.78 is 7.16. The molecule has 0 N–H and O–H groups in total. The van der Waals surface area contributed by atoms with Gasteiger partial charge < -0.3 is 4.74 Å². The molecular weight excluding hydrogens is 164 g/mol. The van der Waals surface area contributed by atoms with Crippen molar-refractivity contribution in [2.45, 2.75) is 13.0 Å². The average molecular weight is 176 g/mol. The van der Waals surface area contributed by atoms with E-state index >= 15 is 0 Å². The van der Waals surface area contributed by atoms with Crippen molar-refractivity contribution in [2.24, 2.45) is 5.92 Å². The average Bonchev–Trinajstić information content (AvgIpc) is 2.76. The zero-order valence-electron chi connectivity index (χ0n) is 7.44. The van der Waals surface area contributed by atoms with Crippen LogP contribution >= 0.6 is 0 Å². The minimum atomic E-state index is 0.576. The van der Waals surface area contributed by atoms with E-state index in [1.807, 2.05) is 10.7 Å². The van der Waals surface area contributed by atoms with E-state index in [4.69, 9.17) is 11.2 Å². The highest BCUT2D eigenvalue weighted by Crippen LogP contribution is 2.14. The van der Waals surface area contributed by atoms with E-state index in [2.05, 4.69) is 11.0 Å². The normalized spacial score (nSPS) is 21.6. The fourth-order valence-corrected chi connectivity index (χ4v) is 1.57. The molecule has 2 rings (SSSR count). The van der Waals surface area contributed by atoms with Crippen LogP contribution in [0.4, 0.5) is 0 Å². The van der Waals surface area contributed by atoms with Crippen LogP contribution in [0.3, 0.4) is 0 Å². The molecule has 13 heavy (non-hydrogen) atoms. The maximum absolute atomic E-state index is 5.33. The zero-order chi connectivity index (χ0) is 9.10.